The van der Waals surface area contributed by atoms with Crippen molar-refractivity contribution in [3.05, 3.63) is 35.1 Å². The summed E-state index contributed by atoms with van der Waals surface area (Å²) in [5.41, 5.74) is 2.19. The average Bonchev–Trinajstić information content (AvgIpc) is 2.73. The highest BCUT2D eigenvalue weighted by Gasteiger charge is 2.33. The smallest absolute Gasteiger partial charge is 0.123 e. The zero-order chi connectivity index (χ0) is 11.6. The summed E-state index contributed by atoms with van der Waals surface area (Å²) in [7, 11) is 0. The molecule has 0 saturated heterocycles. The molecule has 0 atom stereocenters. The van der Waals surface area contributed by atoms with Crippen LogP contribution in [0.15, 0.2) is 18.2 Å². The number of hydrogen-bond donors (Lipinski definition) is 1. The van der Waals surface area contributed by atoms with E-state index in [1.807, 2.05) is 13.0 Å². The van der Waals surface area contributed by atoms with Crippen LogP contribution in [-0.4, -0.2) is 11.7 Å². The van der Waals surface area contributed by atoms with E-state index in [1.54, 1.807) is 6.07 Å². The molecule has 1 saturated carbocycles. The summed E-state index contributed by atoms with van der Waals surface area (Å²) in [6.45, 7) is 2.23. The quantitative estimate of drug-likeness (QED) is 0.832. The van der Waals surface area contributed by atoms with Crippen molar-refractivity contribution in [1.29, 1.82) is 0 Å². The van der Waals surface area contributed by atoms with Gasteiger partial charge in [-0.2, -0.15) is 0 Å². The highest BCUT2D eigenvalue weighted by atomic mass is 19.1. The van der Waals surface area contributed by atoms with E-state index in [2.05, 4.69) is 0 Å². The first-order valence-corrected chi connectivity index (χ1v) is 6.01. The third kappa shape index (κ3) is 2.27. The van der Waals surface area contributed by atoms with Gasteiger partial charge in [-0.1, -0.05) is 18.9 Å². The van der Waals surface area contributed by atoms with Gasteiger partial charge in [0.1, 0.15) is 5.82 Å². The highest BCUT2D eigenvalue weighted by molar-refractivity contribution is 5.28. The molecule has 1 aromatic carbocycles. The van der Waals surface area contributed by atoms with E-state index in [0.29, 0.717) is 0 Å². The molecule has 0 amide bonds. The van der Waals surface area contributed by atoms with Gasteiger partial charge in [-0.15, -0.1) is 0 Å². The Hall–Kier alpha value is -0.890. The first-order chi connectivity index (χ1) is 7.65. The molecule has 1 N–H and O–H groups in total. The highest BCUT2D eigenvalue weighted by Crippen LogP contribution is 2.40. The molecule has 1 aliphatic rings. The summed E-state index contributed by atoms with van der Waals surface area (Å²) < 4.78 is 13.2. The van der Waals surface area contributed by atoms with Gasteiger partial charge in [-0.25, -0.2) is 4.39 Å². The Bertz CT molecular complexity index is 367. The normalized spacial score (nSPS) is 18.9. The van der Waals surface area contributed by atoms with Gasteiger partial charge in [0.2, 0.25) is 0 Å². The van der Waals surface area contributed by atoms with Crippen LogP contribution in [0.3, 0.4) is 0 Å². The molecular formula is C14H19FO. The lowest BCUT2D eigenvalue weighted by atomic mass is 9.80. The summed E-state index contributed by atoms with van der Waals surface area (Å²) in [6, 6.07) is 4.94. The van der Waals surface area contributed by atoms with Gasteiger partial charge in [0.05, 0.1) is 0 Å². The maximum absolute atomic E-state index is 13.2. The van der Waals surface area contributed by atoms with E-state index in [4.69, 9.17) is 0 Å². The Morgan fingerprint density at radius 2 is 2.00 bits per heavy atom. The molecule has 2 heteroatoms. The van der Waals surface area contributed by atoms with Crippen LogP contribution in [0.5, 0.6) is 0 Å². The Balaban J connectivity index is 2.21. The number of halogens is 1. The first kappa shape index (κ1) is 11.6. The van der Waals surface area contributed by atoms with Gasteiger partial charge < -0.3 is 5.11 Å². The molecule has 1 fully saturated rings. The van der Waals surface area contributed by atoms with Crippen LogP contribution in [0.25, 0.3) is 0 Å². The van der Waals surface area contributed by atoms with Gasteiger partial charge in [0, 0.05) is 6.61 Å². The molecule has 0 unspecified atom stereocenters. The second-order valence-electron chi connectivity index (χ2n) is 5.11. The zero-order valence-electron chi connectivity index (χ0n) is 9.80. The zero-order valence-corrected chi connectivity index (χ0v) is 9.80. The van der Waals surface area contributed by atoms with Gasteiger partial charge in [-0.05, 0) is 54.9 Å². The molecule has 1 aliphatic carbocycles. The van der Waals surface area contributed by atoms with Crippen molar-refractivity contribution < 1.29 is 9.50 Å². The maximum Gasteiger partial charge on any atom is 0.123 e. The van der Waals surface area contributed by atoms with E-state index in [-0.39, 0.29) is 17.8 Å². The van der Waals surface area contributed by atoms with Crippen molar-refractivity contribution in [3.8, 4) is 0 Å². The summed E-state index contributed by atoms with van der Waals surface area (Å²) >= 11 is 0. The van der Waals surface area contributed by atoms with Gasteiger partial charge in [-0.3, -0.25) is 0 Å². The Kier molecular flexibility index (Phi) is 3.29. The molecule has 88 valence electrons. The van der Waals surface area contributed by atoms with Crippen molar-refractivity contribution >= 4 is 0 Å². The molecule has 0 spiro atoms. The molecule has 0 aliphatic heterocycles. The van der Waals surface area contributed by atoms with E-state index in [9.17, 15) is 9.50 Å². The lowest BCUT2D eigenvalue weighted by molar-refractivity contribution is 0.130. The lowest BCUT2D eigenvalue weighted by Crippen LogP contribution is -2.24. The van der Waals surface area contributed by atoms with Crippen molar-refractivity contribution in [2.75, 3.05) is 6.61 Å². The maximum atomic E-state index is 13.2. The van der Waals surface area contributed by atoms with Crippen molar-refractivity contribution in [3.63, 3.8) is 0 Å². The molecule has 1 aromatic rings. The minimum absolute atomic E-state index is 0.0125. The molecule has 2 rings (SSSR count). The molecular weight excluding hydrogens is 203 g/mol. The minimum Gasteiger partial charge on any atom is -0.396 e. The van der Waals surface area contributed by atoms with Crippen molar-refractivity contribution in [2.45, 2.75) is 39.0 Å². The predicted molar refractivity (Wildman–Crippen MR) is 62.8 cm³/mol. The fourth-order valence-electron chi connectivity index (χ4n) is 2.75. The van der Waals surface area contributed by atoms with Gasteiger partial charge >= 0.3 is 0 Å². The van der Waals surface area contributed by atoms with Crippen molar-refractivity contribution in [2.24, 2.45) is 5.41 Å². The fraction of sp³-hybridized carbons (Fsp3) is 0.571. The topological polar surface area (TPSA) is 20.2 Å². The molecule has 0 heterocycles. The van der Waals surface area contributed by atoms with Crippen LogP contribution in [0.2, 0.25) is 0 Å². The number of aryl methyl sites for hydroxylation is 1. The number of aliphatic hydroxyl groups excluding tert-OH is 1. The monoisotopic (exact) mass is 222 g/mol. The predicted octanol–water partition coefficient (Wildman–Crippen LogP) is 3.23. The summed E-state index contributed by atoms with van der Waals surface area (Å²) in [5.74, 6) is -0.174. The molecule has 0 bridgehead atoms. The van der Waals surface area contributed by atoms with Gasteiger partial charge in [0.25, 0.3) is 0 Å². The Morgan fingerprint density at radius 3 is 2.62 bits per heavy atom. The van der Waals surface area contributed by atoms with Crippen LogP contribution >= 0.6 is 0 Å². The lowest BCUT2D eigenvalue weighted by Gasteiger charge is -2.27. The fourth-order valence-corrected chi connectivity index (χ4v) is 2.75. The van der Waals surface area contributed by atoms with E-state index < -0.39 is 0 Å². The van der Waals surface area contributed by atoms with E-state index in [0.717, 1.165) is 30.4 Å². The summed E-state index contributed by atoms with van der Waals surface area (Å²) in [5, 5.41) is 9.54. The molecule has 16 heavy (non-hydrogen) atoms. The van der Waals surface area contributed by atoms with Crippen LogP contribution in [0.1, 0.15) is 36.8 Å². The Labute approximate surface area is 96.3 Å². The first-order valence-electron chi connectivity index (χ1n) is 6.01. The summed E-state index contributed by atoms with van der Waals surface area (Å²) in [4.78, 5) is 0. The molecule has 0 aromatic heterocycles. The SMILES string of the molecule is Cc1ccc(F)cc1CC1(CO)CCCC1. The number of hydrogen-bond acceptors (Lipinski definition) is 1. The minimum atomic E-state index is -0.174. The van der Waals surface area contributed by atoms with Crippen LogP contribution < -0.4 is 0 Å². The number of rotatable bonds is 3. The van der Waals surface area contributed by atoms with Crippen LogP contribution in [-0.2, 0) is 6.42 Å². The third-order valence-corrected chi connectivity index (χ3v) is 3.88. The largest absolute Gasteiger partial charge is 0.396 e. The standard InChI is InChI=1S/C14H19FO/c1-11-4-5-13(15)8-12(11)9-14(10-16)6-2-3-7-14/h4-5,8,16H,2-3,6-7,9-10H2,1H3. The second-order valence-corrected chi connectivity index (χ2v) is 5.11. The van der Waals surface area contributed by atoms with Gasteiger partial charge in [0.15, 0.2) is 0 Å². The molecule has 1 nitrogen and oxygen atoms in total. The van der Waals surface area contributed by atoms with E-state index in [1.165, 1.54) is 18.9 Å². The average molecular weight is 222 g/mol. The van der Waals surface area contributed by atoms with Crippen molar-refractivity contribution in [1.82, 2.24) is 0 Å². The summed E-state index contributed by atoms with van der Waals surface area (Å²) in [6.07, 6.45) is 5.33. The second kappa shape index (κ2) is 4.54. The number of benzene rings is 1. The third-order valence-electron chi connectivity index (χ3n) is 3.88. The van der Waals surface area contributed by atoms with Crippen LogP contribution in [0, 0.1) is 18.2 Å². The van der Waals surface area contributed by atoms with E-state index >= 15 is 0 Å². The Morgan fingerprint density at radius 1 is 1.31 bits per heavy atom. The van der Waals surface area contributed by atoms with Crippen LogP contribution in [0.4, 0.5) is 4.39 Å². The molecule has 0 radical (unpaired) electrons. The number of aliphatic hydroxyl groups is 1.